The fourth-order valence-electron chi connectivity index (χ4n) is 4.49. The van der Waals surface area contributed by atoms with Crippen molar-refractivity contribution in [2.45, 2.75) is 44.8 Å². The summed E-state index contributed by atoms with van der Waals surface area (Å²) in [6, 6.07) is 1.05. The van der Waals surface area contributed by atoms with Gasteiger partial charge in [-0.05, 0) is 37.5 Å². The van der Waals surface area contributed by atoms with Crippen LogP contribution >= 0.6 is 0 Å². The van der Waals surface area contributed by atoms with E-state index in [4.69, 9.17) is 10.4 Å². The number of amidine groups is 1. The van der Waals surface area contributed by atoms with Gasteiger partial charge in [0.05, 0.1) is 23.8 Å². The molecule has 7 nitrogen and oxygen atoms in total. The van der Waals surface area contributed by atoms with Crippen molar-refractivity contribution in [2.75, 3.05) is 6.54 Å². The second kappa shape index (κ2) is 7.72. The van der Waals surface area contributed by atoms with Crippen LogP contribution in [0, 0.1) is 5.41 Å². The van der Waals surface area contributed by atoms with Crippen LogP contribution < -0.4 is 0 Å². The summed E-state index contributed by atoms with van der Waals surface area (Å²) in [5.41, 5.74) is 4.99. The number of alkyl halides is 2. The molecule has 0 fully saturated rings. The van der Waals surface area contributed by atoms with Crippen molar-refractivity contribution in [2.24, 2.45) is 4.99 Å². The molecule has 31 heavy (non-hydrogen) atoms. The van der Waals surface area contributed by atoms with E-state index >= 15 is 0 Å². The van der Waals surface area contributed by atoms with Crippen molar-refractivity contribution in [1.29, 1.82) is 5.41 Å². The lowest BCUT2D eigenvalue weighted by Crippen LogP contribution is -2.44. The Hall–Kier alpha value is -3.36. The zero-order valence-electron chi connectivity index (χ0n) is 17.1. The molecule has 2 N–H and O–H groups in total. The molecule has 0 spiro atoms. The summed E-state index contributed by atoms with van der Waals surface area (Å²) in [7, 11) is 0. The summed E-state index contributed by atoms with van der Waals surface area (Å²) >= 11 is 0. The van der Waals surface area contributed by atoms with Crippen molar-refractivity contribution >= 4 is 11.5 Å². The monoisotopic (exact) mass is 423 g/mol. The molecular formula is C22H23F2N7. The van der Waals surface area contributed by atoms with E-state index in [1.165, 1.54) is 17.8 Å². The molecule has 3 aliphatic rings. The van der Waals surface area contributed by atoms with Gasteiger partial charge in [0.25, 0.3) is 0 Å². The lowest BCUT2D eigenvalue weighted by atomic mass is 9.95. The number of H-pyrrole nitrogens is 1. The summed E-state index contributed by atoms with van der Waals surface area (Å²) in [5, 5.41) is 12.5. The molecule has 0 amide bonds. The Bertz CT molecular complexity index is 1130. The number of aromatic amines is 1. The molecule has 2 aliphatic heterocycles. The maximum atomic E-state index is 13.4. The first-order valence-corrected chi connectivity index (χ1v) is 10.4. The van der Waals surface area contributed by atoms with Gasteiger partial charge in [-0.3, -0.25) is 10.4 Å². The Labute approximate surface area is 178 Å². The Kier molecular flexibility index (Phi) is 4.88. The maximum Gasteiger partial charge on any atom is 0.333 e. The molecule has 4 heterocycles. The SMILES string of the molecule is CC1=C/C2CCC(=CC([C@H]3c4nc[nH]c4CCN3C(=N)c3ccnn3C(F)F)=N2)/C=C\1. The van der Waals surface area contributed by atoms with E-state index in [0.29, 0.717) is 17.6 Å². The molecular weight excluding hydrogens is 400 g/mol. The zero-order chi connectivity index (χ0) is 21.5. The second-order valence-corrected chi connectivity index (χ2v) is 8.02. The van der Waals surface area contributed by atoms with Gasteiger partial charge in [-0.25, -0.2) is 9.67 Å². The van der Waals surface area contributed by atoms with E-state index in [1.807, 2.05) is 4.90 Å². The molecule has 5 rings (SSSR count). The predicted octanol–water partition coefficient (Wildman–Crippen LogP) is 3.97. The predicted molar refractivity (Wildman–Crippen MR) is 113 cm³/mol. The van der Waals surface area contributed by atoms with Crippen LogP contribution in [-0.4, -0.2) is 48.8 Å². The standard InChI is InChI=1S/C22H23F2N7/c1-13-2-3-14-4-5-15(10-13)29-17(11-14)20-19-16(26-12-27-19)7-9-30(20)21(25)18-6-8-28-31(18)22(23)24/h2-3,6,8,10-12,15,20,22,25H,4-5,7,9H2,1H3,(H,26,27)/b3-2-,13-10-,25-21?/t15?,20-/m0/s1. The number of hydrogen-bond acceptors (Lipinski definition) is 4. The zero-order valence-corrected chi connectivity index (χ0v) is 17.1. The van der Waals surface area contributed by atoms with Crippen molar-refractivity contribution in [3.05, 3.63) is 71.1 Å². The number of aliphatic imine (C=N–C) groups is 1. The van der Waals surface area contributed by atoms with Crippen LogP contribution in [0.2, 0.25) is 0 Å². The third kappa shape index (κ3) is 3.54. The minimum atomic E-state index is -2.81. The smallest absolute Gasteiger partial charge is 0.333 e. The van der Waals surface area contributed by atoms with Crippen molar-refractivity contribution < 1.29 is 8.78 Å². The first-order chi connectivity index (χ1) is 15.0. The Morgan fingerprint density at radius 1 is 1.29 bits per heavy atom. The van der Waals surface area contributed by atoms with Gasteiger partial charge >= 0.3 is 6.55 Å². The van der Waals surface area contributed by atoms with Crippen molar-refractivity contribution in [3.63, 3.8) is 0 Å². The number of imidazole rings is 1. The summed E-state index contributed by atoms with van der Waals surface area (Å²) in [6.45, 7) is -0.259. The lowest BCUT2D eigenvalue weighted by Gasteiger charge is -2.37. The van der Waals surface area contributed by atoms with E-state index in [2.05, 4.69) is 46.3 Å². The Balaban J connectivity index is 1.61. The molecule has 9 heteroatoms. The Morgan fingerprint density at radius 2 is 2.16 bits per heavy atom. The molecule has 1 unspecified atom stereocenters. The van der Waals surface area contributed by atoms with Gasteiger partial charge in [-0.1, -0.05) is 23.8 Å². The van der Waals surface area contributed by atoms with Gasteiger partial charge in [0.1, 0.15) is 17.6 Å². The Morgan fingerprint density at radius 3 is 3.00 bits per heavy atom. The average molecular weight is 423 g/mol. The van der Waals surface area contributed by atoms with Gasteiger partial charge in [-0.2, -0.15) is 13.9 Å². The minimum absolute atomic E-state index is 0.00738. The first kappa shape index (κ1) is 19.6. The quantitative estimate of drug-likeness (QED) is 0.579. The molecule has 0 saturated carbocycles. The summed E-state index contributed by atoms with van der Waals surface area (Å²) in [5.74, 6) is -0.00738. The molecule has 2 aromatic rings. The largest absolute Gasteiger partial charge is 0.348 e. The van der Waals surface area contributed by atoms with Crippen LogP contribution in [0.3, 0.4) is 0 Å². The molecule has 2 atom stereocenters. The number of allylic oxidation sites excluding steroid dienone is 4. The fourth-order valence-corrected chi connectivity index (χ4v) is 4.49. The number of rotatable bonds is 3. The molecule has 160 valence electrons. The molecule has 1 aliphatic carbocycles. The first-order valence-electron chi connectivity index (χ1n) is 10.4. The summed E-state index contributed by atoms with van der Waals surface area (Å²) in [6.07, 6.45) is 13.8. The summed E-state index contributed by atoms with van der Waals surface area (Å²) in [4.78, 5) is 14.6. The highest BCUT2D eigenvalue weighted by Crippen LogP contribution is 2.34. The normalized spacial score (nSPS) is 25.7. The fraction of sp³-hybridized carbons (Fsp3) is 0.364. The highest BCUT2D eigenvalue weighted by molar-refractivity contribution is 6.05. The average Bonchev–Trinajstić information content (AvgIpc) is 3.38. The van der Waals surface area contributed by atoms with Gasteiger partial charge in [0, 0.05) is 24.9 Å². The van der Waals surface area contributed by atoms with Crippen LogP contribution in [0.15, 0.2) is 59.0 Å². The number of nitrogens with one attached hydrogen (secondary N) is 2. The maximum absolute atomic E-state index is 13.4. The van der Waals surface area contributed by atoms with Gasteiger partial charge in [-0.15, -0.1) is 0 Å². The van der Waals surface area contributed by atoms with Gasteiger partial charge in [0.15, 0.2) is 0 Å². The van der Waals surface area contributed by atoms with Crippen LogP contribution in [0.4, 0.5) is 8.78 Å². The van der Waals surface area contributed by atoms with Crippen molar-refractivity contribution in [3.8, 4) is 0 Å². The van der Waals surface area contributed by atoms with Crippen LogP contribution in [-0.2, 0) is 6.42 Å². The minimum Gasteiger partial charge on any atom is -0.348 e. The molecule has 2 aromatic heterocycles. The number of hydrogen-bond donors (Lipinski definition) is 2. The van der Waals surface area contributed by atoms with E-state index < -0.39 is 12.6 Å². The number of halogens is 2. The number of nitrogens with zero attached hydrogens (tertiary/aromatic N) is 5. The van der Waals surface area contributed by atoms with E-state index in [1.54, 1.807) is 6.33 Å². The molecule has 0 aromatic carbocycles. The summed E-state index contributed by atoms with van der Waals surface area (Å²) < 4.78 is 27.5. The van der Waals surface area contributed by atoms with Crippen molar-refractivity contribution in [1.82, 2.24) is 24.6 Å². The topological polar surface area (TPSA) is 86.0 Å². The second-order valence-electron chi connectivity index (χ2n) is 8.02. The third-order valence-corrected chi connectivity index (χ3v) is 5.98. The number of aromatic nitrogens is 4. The molecule has 2 bridgehead atoms. The molecule has 0 radical (unpaired) electrons. The lowest BCUT2D eigenvalue weighted by molar-refractivity contribution is 0.0555. The highest BCUT2D eigenvalue weighted by atomic mass is 19.3. The molecule has 0 saturated heterocycles. The third-order valence-electron chi connectivity index (χ3n) is 5.98. The van der Waals surface area contributed by atoms with E-state index in [-0.39, 0.29) is 17.6 Å². The van der Waals surface area contributed by atoms with Crippen LogP contribution in [0.1, 0.15) is 49.4 Å². The van der Waals surface area contributed by atoms with Crippen LogP contribution in [0.5, 0.6) is 0 Å². The highest BCUT2D eigenvalue weighted by Gasteiger charge is 2.36. The van der Waals surface area contributed by atoms with E-state index in [0.717, 1.165) is 35.5 Å². The van der Waals surface area contributed by atoms with Gasteiger partial charge in [0.2, 0.25) is 0 Å². The van der Waals surface area contributed by atoms with Gasteiger partial charge < -0.3 is 9.88 Å². The van der Waals surface area contributed by atoms with E-state index in [9.17, 15) is 8.78 Å². The van der Waals surface area contributed by atoms with Crippen LogP contribution in [0.25, 0.3) is 0 Å². The number of fused-ring (bicyclic) bond motifs is 4.